The van der Waals surface area contributed by atoms with Gasteiger partial charge in [0.1, 0.15) is 17.0 Å². The molecule has 21 heavy (non-hydrogen) atoms. The maximum atomic E-state index is 9.39. The molecule has 1 saturated heterocycles. The molecule has 0 saturated carbocycles. The van der Waals surface area contributed by atoms with Gasteiger partial charge in [0, 0.05) is 11.4 Å². The molecule has 112 valence electrons. The zero-order valence-electron chi connectivity index (χ0n) is 12.1. The predicted octanol–water partition coefficient (Wildman–Crippen LogP) is 1.77. The number of aromatic nitrogens is 2. The van der Waals surface area contributed by atoms with Crippen molar-refractivity contribution in [3.63, 3.8) is 0 Å². The highest BCUT2D eigenvalue weighted by atomic mass is 32.1. The summed E-state index contributed by atoms with van der Waals surface area (Å²) < 4.78 is 5.64. The Morgan fingerprint density at radius 3 is 3.19 bits per heavy atom. The van der Waals surface area contributed by atoms with Crippen LogP contribution in [-0.4, -0.2) is 47.0 Å². The third kappa shape index (κ3) is 2.13. The molecule has 0 spiro atoms. The van der Waals surface area contributed by atoms with Gasteiger partial charge in [-0.1, -0.05) is 0 Å². The van der Waals surface area contributed by atoms with Gasteiger partial charge in [0.05, 0.1) is 30.7 Å². The van der Waals surface area contributed by atoms with Crippen LogP contribution in [0.3, 0.4) is 0 Å². The fourth-order valence-electron chi connectivity index (χ4n) is 3.35. The maximum absolute atomic E-state index is 9.39. The van der Waals surface area contributed by atoms with Gasteiger partial charge in [0.2, 0.25) is 0 Å². The Labute approximate surface area is 127 Å². The second-order valence-electron chi connectivity index (χ2n) is 5.87. The Morgan fingerprint density at radius 2 is 2.33 bits per heavy atom. The van der Waals surface area contributed by atoms with E-state index >= 15 is 0 Å². The lowest BCUT2D eigenvalue weighted by molar-refractivity contribution is -0.0104. The van der Waals surface area contributed by atoms with Crippen molar-refractivity contribution >= 4 is 27.4 Å². The van der Waals surface area contributed by atoms with E-state index in [0.29, 0.717) is 13.2 Å². The molecule has 1 aliphatic carbocycles. The van der Waals surface area contributed by atoms with Crippen molar-refractivity contribution in [1.29, 1.82) is 0 Å². The lowest BCUT2D eigenvalue weighted by Crippen LogP contribution is -2.50. The van der Waals surface area contributed by atoms with Gasteiger partial charge < -0.3 is 14.7 Å². The highest BCUT2D eigenvalue weighted by Gasteiger charge is 2.30. The standard InChI is InChI=1S/C15H19N3O2S/c1-9-7-20-10(6-19)5-18(9)14-13-11-3-2-4-12(11)21-15(13)17-8-16-14/h8-10,19H,2-7H2,1H3/t9-,10+/m1/s1. The predicted molar refractivity (Wildman–Crippen MR) is 83.1 cm³/mol. The van der Waals surface area contributed by atoms with E-state index in [2.05, 4.69) is 21.8 Å². The summed E-state index contributed by atoms with van der Waals surface area (Å²) in [6, 6.07) is 0.267. The van der Waals surface area contributed by atoms with Crippen LogP contribution in [-0.2, 0) is 17.6 Å². The number of aliphatic hydroxyl groups is 1. The molecule has 1 fully saturated rings. The van der Waals surface area contributed by atoms with Gasteiger partial charge in [-0.25, -0.2) is 9.97 Å². The summed E-state index contributed by atoms with van der Waals surface area (Å²) in [6.45, 7) is 3.52. The molecule has 2 atom stereocenters. The number of thiophene rings is 1. The highest BCUT2D eigenvalue weighted by molar-refractivity contribution is 7.19. The summed E-state index contributed by atoms with van der Waals surface area (Å²) >= 11 is 1.81. The van der Waals surface area contributed by atoms with Crippen LogP contribution in [0.25, 0.3) is 10.2 Å². The Morgan fingerprint density at radius 1 is 1.43 bits per heavy atom. The average Bonchev–Trinajstić information content (AvgIpc) is 3.08. The number of anilines is 1. The second-order valence-corrected chi connectivity index (χ2v) is 6.96. The zero-order valence-corrected chi connectivity index (χ0v) is 12.9. The van der Waals surface area contributed by atoms with E-state index in [-0.39, 0.29) is 18.8 Å². The Hall–Kier alpha value is -1.24. The summed E-state index contributed by atoms with van der Waals surface area (Å²) in [6.07, 6.45) is 5.09. The molecule has 0 aromatic carbocycles. The number of hydrogen-bond donors (Lipinski definition) is 1. The topological polar surface area (TPSA) is 58.5 Å². The minimum absolute atomic E-state index is 0.0548. The normalized spacial score (nSPS) is 25.5. The quantitative estimate of drug-likeness (QED) is 0.916. The molecule has 6 heteroatoms. The number of hydrogen-bond acceptors (Lipinski definition) is 6. The summed E-state index contributed by atoms with van der Waals surface area (Å²) in [5.41, 5.74) is 1.45. The molecule has 2 aromatic heterocycles. The van der Waals surface area contributed by atoms with E-state index < -0.39 is 0 Å². The van der Waals surface area contributed by atoms with Gasteiger partial charge in [0.15, 0.2) is 0 Å². The smallest absolute Gasteiger partial charge is 0.141 e. The Bertz CT molecular complexity index is 672. The van der Waals surface area contributed by atoms with Crippen LogP contribution in [0, 0.1) is 0 Å². The first kappa shape index (κ1) is 13.4. The number of fused-ring (bicyclic) bond motifs is 3. The lowest BCUT2D eigenvalue weighted by atomic mass is 10.1. The average molecular weight is 305 g/mol. The lowest BCUT2D eigenvalue weighted by Gasteiger charge is -2.38. The van der Waals surface area contributed by atoms with Crippen molar-refractivity contribution < 1.29 is 9.84 Å². The molecule has 0 amide bonds. The van der Waals surface area contributed by atoms with E-state index in [1.165, 1.54) is 28.7 Å². The molecule has 1 aliphatic heterocycles. The fraction of sp³-hybridized carbons (Fsp3) is 0.600. The summed E-state index contributed by atoms with van der Waals surface area (Å²) in [4.78, 5) is 13.9. The van der Waals surface area contributed by atoms with Crippen molar-refractivity contribution in [2.45, 2.75) is 38.3 Å². The molecule has 0 bridgehead atoms. The first-order valence-electron chi connectivity index (χ1n) is 7.52. The van der Waals surface area contributed by atoms with Gasteiger partial charge >= 0.3 is 0 Å². The first-order chi connectivity index (χ1) is 10.3. The molecule has 4 rings (SSSR count). The fourth-order valence-corrected chi connectivity index (χ4v) is 4.58. The van der Waals surface area contributed by atoms with E-state index in [9.17, 15) is 5.11 Å². The molecular formula is C15H19N3O2S. The number of ether oxygens (including phenoxy) is 1. The van der Waals surface area contributed by atoms with Crippen LogP contribution >= 0.6 is 11.3 Å². The van der Waals surface area contributed by atoms with Crippen molar-refractivity contribution in [2.75, 3.05) is 24.7 Å². The second kappa shape index (κ2) is 5.19. The number of morpholine rings is 1. The van der Waals surface area contributed by atoms with Crippen molar-refractivity contribution in [3.05, 3.63) is 16.8 Å². The number of nitrogens with zero attached hydrogens (tertiary/aromatic N) is 3. The Balaban J connectivity index is 1.82. The number of aryl methyl sites for hydroxylation is 2. The SMILES string of the molecule is C[C@@H]1CO[C@H](CO)CN1c1ncnc2sc3c(c12)CCC3. The summed E-state index contributed by atoms with van der Waals surface area (Å²) in [7, 11) is 0. The molecular weight excluding hydrogens is 286 g/mol. The largest absolute Gasteiger partial charge is 0.394 e. The zero-order chi connectivity index (χ0) is 14.4. The van der Waals surface area contributed by atoms with Crippen molar-refractivity contribution in [2.24, 2.45) is 0 Å². The number of aliphatic hydroxyl groups excluding tert-OH is 1. The van der Waals surface area contributed by atoms with E-state index in [0.717, 1.165) is 17.1 Å². The van der Waals surface area contributed by atoms with Crippen LogP contribution in [0.5, 0.6) is 0 Å². The van der Waals surface area contributed by atoms with Gasteiger partial charge in [-0.15, -0.1) is 11.3 Å². The van der Waals surface area contributed by atoms with Crippen molar-refractivity contribution in [1.82, 2.24) is 9.97 Å². The summed E-state index contributed by atoms with van der Waals surface area (Å²) in [5, 5.41) is 10.6. The maximum Gasteiger partial charge on any atom is 0.141 e. The molecule has 1 N–H and O–H groups in total. The summed E-state index contributed by atoms with van der Waals surface area (Å²) in [5.74, 6) is 1.02. The van der Waals surface area contributed by atoms with Crippen LogP contribution in [0.15, 0.2) is 6.33 Å². The van der Waals surface area contributed by atoms with E-state index in [1.54, 1.807) is 6.33 Å². The van der Waals surface area contributed by atoms with Gasteiger partial charge in [0.25, 0.3) is 0 Å². The van der Waals surface area contributed by atoms with Crippen LogP contribution in [0.2, 0.25) is 0 Å². The number of rotatable bonds is 2. The third-order valence-corrected chi connectivity index (χ3v) is 5.66. The van der Waals surface area contributed by atoms with Gasteiger partial charge in [-0.3, -0.25) is 0 Å². The first-order valence-corrected chi connectivity index (χ1v) is 8.34. The van der Waals surface area contributed by atoms with Crippen molar-refractivity contribution in [3.8, 4) is 0 Å². The van der Waals surface area contributed by atoms with Crippen LogP contribution in [0.4, 0.5) is 5.82 Å². The molecule has 0 radical (unpaired) electrons. The Kier molecular flexibility index (Phi) is 3.32. The monoisotopic (exact) mass is 305 g/mol. The minimum Gasteiger partial charge on any atom is -0.394 e. The molecule has 0 unspecified atom stereocenters. The molecule has 2 aliphatic rings. The van der Waals surface area contributed by atoms with Crippen LogP contribution < -0.4 is 4.90 Å². The molecule has 2 aromatic rings. The van der Waals surface area contributed by atoms with E-state index in [4.69, 9.17) is 4.74 Å². The minimum atomic E-state index is -0.127. The molecule has 3 heterocycles. The van der Waals surface area contributed by atoms with E-state index in [1.807, 2.05) is 11.3 Å². The van der Waals surface area contributed by atoms with Crippen LogP contribution in [0.1, 0.15) is 23.8 Å². The molecule has 5 nitrogen and oxygen atoms in total. The highest BCUT2D eigenvalue weighted by Crippen LogP contribution is 2.40. The van der Waals surface area contributed by atoms with Gasteiger partial charge in [-0.05, 0) is 31.7 Å². The van der Waals surface area contributed by atoms with Gasteiger partial charge in [-0.2, -0.15) is 0 Å². The third-order valence-electron chi connectivity index (χ3n) is 4.46.